The van der Waals surface area contributed by atoms with Crippen LogP contribution < -0.4 is 9.46 Å². The second kappa shape index (κ2) is 7.68. The quantitative estimate of drug-likeness (QED) is 0.778. The lowest BCUT2D eigenvalue weighted by Gasteiger charge is -2.14. The number of benzene rings is 2. The molecule has 0 unspecified atom stereocenters. The van der Waals surface area contributed by atoms with E-state index in [2.05, 4.69) is 4.72 Å². The summed E-state index contributed by atoms with van der Waals surface area (Å²) in [6, 6.07) is 10.5. The summed E-state index contributed by atoms with van der Waals surface area (Å²) >= 11 is 0. The maximum Gasteiger partial charge on any atom is 0.261 e. The van der Waals surface area contributed by atoms with Gasteiger partial charge in [0.15, 0.2) is 0 Å². The van der Waals surface area contributed by atoms with Gasteiger partial charge in [-0.3, -0.25) is 4.72 Å². The Morgan fingerprint density at radius 2 is 1.62 bits per heavy atom. The molecular weight excluding hydrogens is 326 g/mol. The lowest BCUT2D eigenvalue weighted by molar-refractivity contribution is 0.146. The number of anilines is 1. The molecule has 0 heterocycles. The molecule has 0 atom stereocenters. The van der Waals surface area contributed by atoms with Crippen LogP contribution in [0, 0.1) is 20.8 Å². The van der Waals surface area contributed by atoms with Gasteiger partial charge in [-0.05, 0) is 55.7 Å². The zero-order valence-corrected chi connectivity index (χ0v) is 15.2. The van der Waals surface area contributed by atoms with Crippen molar-refractivity contribution in [2.24, 2.45) is 0 Å². The Morgan fingerprint density at radius 3 is 2.21 bits per heavy atom. The molecule has 2 rings (SSSR count). The van der Waals surface area contributed by atoms with E-state index in [1.165, 1.54) is 0 Å². The first-order valence-corrected chi connectivity index (χ1v) is 9.15. The van der Waals surface area contributed by atoms with Crippen LogP contribution in [-0.4, -0.2) is 28.7 Å². The summed E-state index contributed by atoms with van der Waals surface area (Å²) in [5.74, 6) is 0.651. The number of methoxy groups -OCH3 is 1. The molecule has 0 bridgehead atoms. The summed E-state index contributed by atoms with van der Waals surface area (Å²) in [7, 11) is -2.05. The van der Waals surface area contributed by atoms with E-state index in [0.717, 1.165) is 16.7 Å². The van der Waals surface area contributed by atoms with Gasteiger partial charge in [0.05, 0.1) is 17.2 Å². The van der Waals surface area contributed by atoms with Gasteiger partial charge in [0.25, 0.3) is 10.0 Å². The minimum atomic E-state index is -3.65. The fourth-order valence-corrected chi connectivity index (χ4v) is 3.64. The second-order valence-electron chi connectivity index (χ2n) is 5.64. The maximum atomic E-state index is 12.7. The molecule has 0 radical (unpaired) electrons. The van der Waals surface area contributed by atoms with Crippen LogP contribution >= 0.6 is 0 Å². The van der Waals surface area contributed by atoms with Crippen molar-refractivity contribution < 1.29 is 17.9 Å². The third-order valence-corrected chi connectivity index (χ3v) is 5.07. The fourth-order valence-electron chi connectivity index (χ4n) is 2.35. The van der Waals surface area contributed by atoms with E-state index in [4.69, 9.17) is 9.47 Å². The Kier molecular flexibility index (Phi) is 5.85. The van der Waals surface area contributed by atoms with Crippen LogP contribution in [0.1, 0.15) is 16.7 Å². The average molecular weight is 349 g/mol. The number of hydrogen-bond acceptors (Lipinski definition) is 4. The SMILES string of the molecule is COCCOc1ccc(S(=O)(=O)Nc2c(C)cccc2C)cc1C. The zero-order valence-electron chi connectivity index (χ0n) is 14.4. The van der Waals surface area contributed by atoms with Gasteiger partial charge < -0.3 is 9.47 Å². The standard InChI is InChI=1S/C18H23NO4S/c1-13-6-5-7-14(2)18(13)19-24(20,21)16-8-9-17(15(3)12-16)23-11-10-22-4/h5-9,12,19H,10-11H2,1-4H3. The van der Waals surface area contributed by atoms with E-state index in [0.29, 0.717) is 24.7 Å². The fraction of sp³-hybridized carbons (Fsp3) is 0.333. The van der Waals surface area contributed by atoms with E-state index in [1.54, 1.807) is 25.3 Å². The molecule has 130 valence electrons. The van der Waals surface area contributed by atoms with Crippen LogP contribution in [0.3, 0.4) is 0 Å². The third kappa shape index (κ3) is 4.27. The van der Waals surface area contributed by atoms with Crippen LogP contribution in [0.15, 0.2) is 41.3 Å². The number of sulfonamides is 1. The first-order chi connectivity index (χ1) is 11.3. The van der Waals surface area contributed by atoms with Crippen LogP contribution in [0.4, 0.5) is 5.69 Å². The van der Waals surface area contributed by atoms with Gasteiger partial charge in [0.1, 0.15) is 12.4 Å². The van der Waals surface area contributed by atoms with Gasteiger partial charge in [-0.2, -0.15) is 0 Å². The number of ether oxygens (including phenoxy) is 2. The van der Waals surface area contributed by atoms with E-state index >= 15 is 0 Å². The molecular formula is C18H23NO4S. The normalized spacial score (nSPS) is 11.3. The van der Waals surface area contributed by atoms with Crippen molar-refractivity contribution in [3.05, 3.63) is 53.1 Å². The molecule has 0 aliphatic heterocycles. The van der Waals surface area contributed by atoms with Gasteiger partial charge in [-0.25, -0.2) is 8.42 Å². The highest BCUT2D eigenvalue weighted by molar-refractivity contribution is 7.92. The molecule has 2 aromatic rings. The van der Waals surface area contributed by atoms with E-state index in [-0.39, 0.29) is 4.90 Å². The Hall–Kier alpha value is -2.05. The molecule has 1 N–H and O–H groups in total. The Labute approximate surface area is 143 Å². The van der Waals surface area contributed by atoms with Crippen LogP contribution in [-0.2, 0) is 14.8 Å². The second-order valence-corrected chi connectivity index (χ2v) is 7.32. The predicted molar refractivity (Wildman–Crippen MR) is 95.3 cm³/mol. The summed E-state index contributed by atoms with van der Waals surface area (Å²) < 4.78 is 38.5. The van der Waals surface area contributed by atoms with Crippen LogP contribution in [0.25, 0.3) is 0 Å². The third-order valence-electron chi connectivity index (χ3n) is 3.72. The Morgan fingerprint density at radius 1 is 0.958 bits per heavy atom. The van der Waals surface area contributed by atoms with Crippen molar-refractivity contribution >= 4 is 15.7 Å². The Bertz CT molecular complexity index is 796. The topological polar surface area (TPSA) is 64.6 Å². The molecule has 0 aromatic heterocycles. The van der Waals surface area contributed by atoms with Crippen molar-refractivity contribution in [2.45, 2.75) is 25.7 Å². The monoisotopic (exact) mass is 349 g/mol. The maximum absolute atomic E-state index is 12.7. The number of rotatable bonds is 7. The van der Waals surface area contributed by atoms with Crippen molar-refractivity contribution in [1.82, 2.24) is 0 Å². The lowest BCUT2D eigenvalue weighted by Crippen LogP contribution is -2.15. The molecule has 6 heteroatoms. The van der Waals surface area contributed by atoms with Crippen LogP contribution in [0.2, 0.25) is 0 Å². The summed E-state index contributed by atoms with van der Waals surface area (Å²) in [6.45, 7) is 6.48. The van der Waals surface area contributed by atoms with Gasteiger partial charge in [0.2, 0.25) is 0 Å². The lowest BCUT2D eigenvalue weighted by atomic mass is 10.1. The van der Waals surface area contributed by atoms with Crippen molar-refractivity contribution in [3.63, 3.8) is 0 Å². The largest absolute Gasteiger partial charge is 0.491 e. The molecule has 0 saturated heterocycles. The number of para-hydroxylation sites is 1. The van der Waals surface area contributed by atoms with Crippen molar-refractivity contribution in [2.75, 3.05) is 25.0 Å². The molecule has 24 heavy (non-hydrogen) atoms. The molecule has 5 nitrogen and oxygen atoms in total. The smallest absolute Gasteiger partial charge is 0.261 e. The number of hydrogen-bond donors (Lipinski definition) is 1. The Balaban J connectivity index is 2.25. The number of nitrogens with one attached hydrogen (secondary N) is 1. The summed E-state index contributed by atoms with van der Waals surface area (Å²) in [5, 5.41) is 0. The predicted octanol–water partition coefficient (Wildman–Crippen LogP) is 3.44. The van der Waals surface area contributed by atoms with Crippen LogP contribution in [0.5, 0.6) is 5.75 Å². The average Bonchev–Trinajstić information content (AvgIpc) is 2.53. The summed E-state index contributed by atoms with van der Waals surface area (Å²) in [4.78, 5) is 0.210. The molecule has 0 aliphatic rings. The minimum absolute atomic E-state index is 0.210. The molecule has 0 saturated carbocycles. The molecule has 2 aromatic carbocycles. The highest BCUT2D eigenvalue weighted by Gasteiger charge is 2.17. The zero-order chi connectivity index (χ0) is 17.7. The first-order valence-electron chi connectivity index (χ1n) is 7.66. The minimum Gasteiger partial charge on any atom is -0.491 e. The molecule has 0 aliphatic carbocycles. The molecule has 0 amide bonds. The molecule has 0 fully saturated rings. The van der Waals surface area contributed by atoms with E-state index < -0.39 is 10.0 Å². The summed E-state index contributed by atoms with van der Waals surface area (Å²) in [6.07, 6.45) is 0. The van der Waals surface area contributed by atoms with Gasteiger partial charge in [-0.1, -0.05) is 18.2 Å². The van der Waals surface area contributed by atoms with Gasteiger partial charge >= 0.3 is 0 Å². The number of aryl methyl sites for hydroxylation is 3. The highest BCUT2D eigenvalue weighted by atomic mass is 32.2. The van der Waals surface area contributed by atoms with Crippen molar-refractivity contribution in [3.8, 4) is 5.75 Å². The van der Waals surface area contributed by atoms with Gasteiger partial charge in [0, 0.05) is 7.11 Å². The summed E-state index contributed by atoms with van der Waals surface area (Å²) in [5.41, 5.74) is 3.15. The van der Waals surface area contributed by atoms with E-state index in [9.17, 15) is 8.42 Å². The van der Waals surface area contributed by atoms with Crippen molar-refractivity contribution in [1.29, 1.82) is 0 Å². The van der Waals surface area contributed by atoms with Gasteiger partial charge in [-0.15, -0.1) is 0 Å². The first kappa shape index (κ1) is 18.3. The highest BCUT2D eigenvalue weighted by Crippen LogP contribution is 2.26. The van der Waals surface area contributed by atoms with E-state index in [1.807, 2.05) is 39.0 Å². The molecule has 0 spiro atoms.